The third kappa shape index (κ3) is 3.39. The van der Waals surface area contributed by atoms with Gasteiger partial charge in [-0.15, -0.1) is 0 Å². The fourth-order valence-electron chi connectivity index (χ4n) is 1.34. The molecule has 0 heterocycles. The third-order valence-electron chi connectivity index (χ3n) is 2.25. The molecule has 1 aromatic carbocycles. The molecule has 0 aliphatic carbocycles. The molecule has 0 radical (unpaired) electrons. The van der Waals surface area contributed by atoms with E-state index in [0.717, 1.165) is 12.1 Å². The Balaban J connectivity index is 2.89. The van der Waals surface area contributed by atoms with Gasteiger partial charge < -0.3 is 16.2 Å². The van der Waals surface area contributed by atoms with Crippen LogP contribution in [0.4, 0.5) is 14.5 Å². The largest absolute Gasteiger partial charge is 0.396 e. The van der Waals surface area contributed by atoms with Gasteiger partial charge in [-0.2, -0.15) is 0 Å². The van der Waals surface area contributed by atoms with Gasteiger partial charge in [-0.1, -0.05) is 0 Å². The first-order chi connectivity index (χ1) is 7.95. The Hall–Kier alpha value is -1.69. The predicted octanol–water partition coefficient (Wildman–Crippen LogP) is 1.05. The Morgan fingerprint density at radius 1 is 1.53 bits per heavy atom. The van der Waals surface area contributed by atoms with Gasteiger partial charge >= 0.3 is 0 Å². The molecule has 0 aliphatic rings. The number of nitrogens with two attached hydrogens (primary N) is 1. The van der Waals surface area contributed by atoms with Crippen LogP contribution < -0.4 is 11.1 Å². The Bertz CT molecular complexity index is 424. The maximum Gasteiger partial charge on any atom is 0.254 e. The maximum absolute atomic E-state index is 13.5. The molecular weight excluding hydrogens is 230 g/mol. The topological polar surface area (TPSA) is 75.3 Å². The van der Waals surface area contributed by atoms with Gasteiger partial charge in [0.1, 0.15) is 5.82 Å². The second-order valence-electron chi connectivity index (χ2n) is 3.74. The summed E-state index contributed by atoms with van der Waals surface area (Å²) in [4.78, 5) is 11.6. The molecule has 1 rings (SSSR count). The van der Waals surface area contributed by atoms with Crippen molar-refractivity contribution in [3.05, 3.63) is 29.3 Å². The summed E-state index contributed by atoms with van der Waals surface area (Å²) < 4.78 is 26.5. The van der Waals surface area contributed by atoms with Crippen molar-refractivity contribution in [3.8, 4) is 0 Å². The highest BCUT2D eigenvalue weighted by Crippen LogP contribution is 2.17. The smallest absolute Gasteiger partial charge is 0.254 e. The van der Waals surface area contributed by atoms with Gasteiger partial charge in [0.15, 0.2) is 5.82 Å². The molecule has 4 N–H and O–H groups in total. The van der Waals surface area contributed by atoms with Crippen molar-refractivity contribution in [3.63, 3.8) is 0 Å². The van der Waals surface area contributed by atoms with E-state index in [-0.39, 0.29) is 12.6 Å². The first kappa shape index (κ1) is 13.4. The fraction of sp³-hybridized carbons (Fsp3) is 0.364. The molecule has 1 aromatic rings. The molecule has 0 fully saturated rings. The molecule has 94 valence electrons. The van der Waals surface area contributed by atoms with Crippen LogP contribution in [0.1, 0.15) is 23.7 Å². The molecular formula is C11H14F2N2O2. The van der Waals surface area contributed by atoms with Gasteiger partial charge in [-0.05, 0) is 25.5 Å². The number of aliphatic hydroxyl groups excluding tert-OH is 1. The van der Waals surface area contributed by atoms with Gasteiger partial charge in [0.2, 0.25) is 0 Å². The highest BCUT2D eigenvalue weighted by atomic mass is 19.1. The van der Waals surface area contributed by atoms with E-state index in [2.05, 4.69) is 5.32 Å². The Kier molecular flexibility index (Phi) is 4.39. The van der Waals surface area contributed by atoms with Crippen molar-refractivity contribution in [2.75, 3.05) is 12.3 Å². The van der Waals surface area contributed by atoms with Crippen molar-refractivity contribution in [1.29, 1.82) is 0 Å². The summed E-state index contributed by atoms with van der Waals surface area (Å²) in [7, 11) is 0. The molecule has 0 aromatic heterocycles. The number of anilines is 1. The molecule has 4 nitrogen and oxygen atoms in total. The lowest BCUT2D eigenvalue weighted by molar-refractivity contribution is 0.0930. The van der Waals surface area contributed by atoms with Crippen molar-refractivity contribution in [2.24, 2.45) is 0 Å². The van der Waals surface area contributed by atoms with Gasteiger partial charge in [0.05, 0.1) is 11.3 Å². The molecule has 0 saturated heterocycles. The Morgan fingerprint density at radius 2 is 2.18 bits per heavy atom. The molecule has 1 atom stereocenters. The summed E-state index contributed by atoms with van der Waals surface area (Å²) in [6.07, 6.45) is 0.332. The minimum atomic E-state index is -0.944. The number of benzene rings is 1. The van der Waals surface area contributed by atoms with Crippen LogP contribution in [0.3, 0.4) is 0 Å². The maximum atomic E-state index is 13.5. The number of halogens is 2. The lowest BCUT2D eigenvalue weighted by Crippen LogP contribution is -2.33. The number of nitrogen functional groups attached to an aromatic ring is 1. The monoisotopic (exact) mass is 244 g/mol. The van der Waals surface area contributed by atoms with Gasteiger partial charge in [0, 0.05) is 12.6 Å². The van der Waals surface area contributed by atoms with Crippen LogP contribution in [0.25, 0.3) is 0 Å². The number of nitrogens with one attached hydrogen (secondary N) is 1. The van der Waals surface area contributed by atoms with Crippen LogP contribution in [0, 0.1) is 11.6 Å². The van der Waals surface area contributed by atoms with E-state index in [9.17, 15) is 13.6 Å². The quantitative estimate of drug-likeness (QED) is 0.693. The molecule has 1 unspecified atom stereocenters. The van der Waals surface area contributed by atoms with E-state index in [1.165, 1.54) is 0 Å². The highest BCUT2D eigenvalue weighted by Gasteiger charge is 2.17. The van der Waals surface area contributed by atoms with Crippen LogP contribution in [0.5, 0.6) is 0 Å². The van der Waals surface area contributed by atoms with Crippen LogP contribution in [-0.2, 0) is 0 Å². The van der Waals surface area contributed by atoms with Crippen molar-refractivity contribution in [2.45, 2.75) is 19.4 Å². The minimum Gasteiger partial charge on any atom is -0.396 e. The van der Waals surface area contributed by atoms with E-state index >= 15 is 0 Å². The average molecular weight is 244 g/mol. The van der Waals surface area contributed by atoms with E-state index in [4.69, 9.17) is 10.8 Å². The van der Waals surface area contributed by atoms with Crippen molar-refractivity contribution in [1.82, 2.24) is 5.32 Å². The second-order valence-corrected chi connectivity index (χ2v) is 3.74. The Morgan fingerprint density at radius 3 is 2.76 bits per heavy atom. The first-order valence-electron chi connectivity index (χ1n) is 5.12. The van der Waals surface area contributed by atoms with Gasteiger partial charge in [-0.3, -0.25) is 4.79 Å². The van der Waals surface area contributed by atoms with Crippen molar-refractivity contribution >= 4 is 11.6 Å². The summed E-state index contributed by atoms with van der Waals surface area (Å²) in [5.74, 6) is -2.47. The number of carbonyl (C=O) groups excluding carboxylic acids is 1. The van der Waals surface area contributed by atoms with Crippen LogP contribution in [-0.4, -0.2) is 23.7 Å². The minimum absolute atomic E-state index is 0.102. The fourth-order valence-corrected chi connectivity index (χ4v) is 1.34. The Labute approximate surface area is 97.4 Å². The number of amides is 1. The number of aliphatic hydroxyl groups is 1. The normalized spacial score (nSPS) is 12.2. The molecule has 0 spiro atoms. The number of hydrogen-bond donors (Lipinski definition) is 3. The highest BCUT2D eigenvalue weighted by molar-refractivity contribution is 5.95. The molecule has 17 heavy (non-hydrogen) atoms. The van der Waals surface area contributed by atoms with Crippen LogP contribution in [0.15, 0.2) is 12.1 Å². The summed E-state index contributed by atoms with van der Waals surface area (Å²) in [6.45, 7) is 1.55. The van der Waals surface area contributed by atoms with Gasteiger partial charge in [0.25, 0.3) is 5.91 Å². The zero-order valence-electron chi connectivity index (χ0n) is 9.34. The van der Waals surface area contributed by atoms with E-state index in [0.29, 0.717) is 6.42 Å². The number of rotatable bonds is 4. The van der Waals surface area contributed by atoms with Crippen molar-refractivity contribution < 1.29 is 18.7 Å². The summed E-state index contributed by atoms with van der Waals surface area (Å²) >= 11 is 0. The molecule has 0 bridgehead atoms. The lowest BCUT2D eigenvalue weighted by Gasteiger charge is -2.13. The molecule has 0 aliphatic heterocycles. The summed E-state index contributed by atoms with van der Waals surface area (Å²) in [6, 6.07) is 1.26. The molecule has 1 amide bonds. The van der Waals surface area contributed by atoms with Crippen LogP contribution in [0.2, 0.25) is 0 Å². The zero-order chi connectivity index (χ0) is 13.0. The molecule has 6 heteroatoms. The number of hydrogen-bond acceptors (Lipinski definition) is 3. The average Bonchev–Trinajstić information content (AvgIpc) is 2.23. The van der Waals surface area contributed by atoms with E-state index in [1.807, 2.05) is 0 Å². The SMILES string of the molecule is CC(CCO)NC(=O)c1cc(F)cc(N)c1F. The van der Waals surface area contributed by atoms with E-state index in [1.54, 1.807) is 6.92 Å². The number of carbonyl (C=O) groups is 1. The predicted molar refractivity (Wildman–Crippen MR) is 59.4 cm³/mol. The zero-order valence-corrected chi connectivity index (χ0v) is 9.34. The third-order valence-corrected chi connectivity index (χ3v) is 2.25. The van der Waals surface area contributed by atoms with Crippen LogP contribution >= 0.6 is 0 Å². The summed E-state index contributed by atoms with van der Waals surface area (Å²) in [5.41, 5.74) is 4.36. The summed E-state index contributed by atoms with van der Waals surface area (Å²) in [5, 5.41) is 11.1. The lowest BCUT2D eigenvalue weighted by atomic mass is 10.1. The first-order valence-corrected chi connectivity index (χ1v) is 5.12. The van der Waals surface area contributed by atoms with E-state index < -0.39 is 28.8 Å². The molecule has 0 saturated carbocycles. The standard InChI is InChI=1S/C11H14F2N2O2/c1-6(2-3-16)15-11(17)8-4-7(12)5-9(14)10(8)13/h4-6,16H,2-3,14H2,1H3,(H,15,17). The van der Waals surface area contributed by atoms with Gasteiger partial charge in [-0.25, -0.2) is 8.78 Å². The second kappa shape index (κ2) is 5.58.